The number of tetrazole rings is 1. The van der Waals surface area contributed by atoms with Gasteiger partial charge in [0.25, 0.3) is 0 Å². The highest BCUT2D eigenvalue weighted by Crippen LogP contribution is 2.27. The first kappa shape index (κ1) is 15.7. The zero-order valence-corrected chi connectivity index (χ0v) is 13.4. The molecule has 7 heteroatoms. The van der Waals surface area contributed by atoms with Gasteiger partial charge in [-0.1, -0.05) is 6.42 Å². The second-order valence-corrected chi connectivity index (χ2v) is 5.69. The third-order valence-corrected chi connectivity index (χ3v) is 4.11. The fourth-order valence-electron chi connectivity index (χ4n) is 2.96. The molecule has 4 rings (SSSR count). The third-order valence-electron chi connectivity index (χ3n) is 4.11. The Balaban J connectivity index is 0.00000156. The Morgan fingerprint density at radius 1 is 1.09 bits per heavy atom. The van der Waals surface area contributed by atoms with Gasteiger partial charge < -0.3 is 4.74 Å². The maximum absolute atomic E-state index is 6.12. The molecule has 0 radical (unpaired) electrons. The zero-order chi connectivity index (χ0) is 14.8. The molecule has 1 fully saturated rings. The zero-order valence-electron chi connectivity index (χ0n) is 12.6. The quantitative estimate of drug-likeness (QED) is 0.794. The van der Waals surface area contributed by atoms with Crippen LogP contribution in [0.4, 0.5) is 0 Å². The molecule has 0 atom stereocenters. The van der Waals surface area contributed by atoms with Gasteiger partial charge in [0, 0.05) is 17.1 Å². The molecule has 0 amide bonds. The lowest BCUT2D eigenvalue weighted by atomic mass is 9.98. The van der Waals surface area contributed by atoms with Gasteiger partial charge in [-0.05, 0) is 55.2 Å². The summed E-state index contributed by atoms with van der Waals surface area (Å²) in [5, 5.41) is 15.0. The number of nitrogens with zero attached hydrogens (tertiary/aromatic N) is 4. The molecule has 6 nitrogen and oxygen atoms in total. The van der Waals surface area contributed by atoms with Gasteiger partial charge in [-0.15, -0.1) is 22.6 Å². The summed E-state index contributed by atoms with van der Waals surface area (Å²) in [5.41, 5.74) is 1.78. The molecule has 120 valence electrons. The Morgan fingerprint density at radius 2 is 1.96 bits per heavy atom. The number of nitrogens with one attached hydrogen (secondary N) is 1. The van der Waals surface area contributed by atoms with Crippen LogP contribution in [0, 0.1) is 0 Å². The van der Waals surface area contributed by atoms with Crippen molar-refractivity contribution >= 4 is 23.3 Å². The van der Waals surface area contributed by atoms with Crippen LogP contribution in [0.15, 0.2) is 30.5 Å². The van der Waals surface area contributed by atoms with E-state index in [0.717, 1.165) is 35.1 Å². The van der Waals surface area contributed by atoms with Crippen LogP contribution in [0.5, 0.6) is 5.75 Å². The summed E-state index contributed by atoms with van der Waals surface area (Å²) in [5.74, 6) is 1.46. The molecule has 0 spiro atoms. The summed E-state index contributed by atoms with van der Waals surface area (Å²) in [4.78, 5) is 4.45. The molecule has 3 aromatic rings. The maximum Gasteiger partial charge on any atom is 0.206 e. The predicted molar refractivity (Wildman–Crippen MR) is 89.7 cm³/mol. The highest BCUT2D eigenvalue weighted by Gasteiger charge is 2.15. The minimum Gasteiger partial charge on any atom is -0.490 e. The molecule has 1 aliphatic rings. The first-order chi connectivity index (χ1) is 10.9. The van der Waals surface area contributed by atoms with Crippen molar-refractivity contribution in [3.05, 3.63) is 30.5 Å². The van der Waals surface area contributed by atoms with E-state index in [1.807, 2.05) is 24.3 Å². The number of ether oxygens (including phenoxy) is 1. The average molecular weight is 332 g/mol. The average Bonchev–Trinajstić information content (AvgIpc) is 3.10. The normalized spacial score (nSPS) is 15.3. The number of H-pyrrole nitrogens is 1. The number of pyridine rings is 1. The van der Waals surface area contributed by atoms with Crippen molar-refractivity contribution in [1.82, 2.24) is 25.6 Å². The van der Waals surface area contributed by atoms with Gasteiger partial charge >= 0.3 is 0 Å². The topological polar surface area (TPSA) is 76.6 Å². The summed E-state index contributed by atoms with van der Waals surface area (Å²) in [6.45, 7) is 0. The number of aromatic amines is 1. The van der Waals surface area contributed by atoms with Crippen LogP contribution >= 0.6 is 12.4 Å². The molecule has 1 saturated carbocycles. The number of rotatable bonds is 3. The van der Waals surface area contributed by atoms with E-state index in [4.69, 9.17) is 4.74 Å². The number of hydrogen-bond donors (Lipinski definition) is 1. The van der Waals surface area contributed by atoms with E-state index in [0.29, 0.717) is 11.9 Å². The molecule has 0 aliphatic heterocycles. The van der Waals surface area contributed by atoms with E-state index in [-0.39, 0.29) is 12.4 Å². The van der Waals surface area contributed by atoms with Gasteiger partial charge in [0.05, 0.1) is 11.6 Å². The Kier molecular flexibility index (Phi) is 4.71. The van der Waals surface area contributed by atoms with Crippen LogP contribution < -0.4 is 4.74 Å². The second-order valence-electron chi connectivity index (χ2n) is 5.69. The molecule has 2 heterocycles. The molecular formula is C16H18ClN5O. The highest BCUT2D eigenvalue weighted by atomic mass is 35.5. The predicted octanol–water partition coefficient (Wildman–Crippen LogP) is 3.55. The summed E-state index contributed by atoms with van der Waals surface area (Å²) in [6.07, 6.45) is 8.27. The van der Waals surface area contributed by atoms with Gasteiger partial charge in [-0.25, -0.2) is 0 Å². The monoisotopic (exact) mass is 331 g/mol. The third kappa shape index (κ3) is 3.42. The van der Waals surface area contributed by atoms with Crippen molar-refractivity contribution in [1.29, 1.82) is 0 Å². The van der Waals surface area contributed by atoms with Crippen LogP contribution in [0.25, 0.3) is 22.3 Å². The fraction of sp³-hybridized carbons (Fsp3) is 0.375. The molecule has 0 unspecified atom stereocenters. The Labute approximate surface area is 140 Å². The number of fused-ring (bicyclic) bond motifs is 1. The van der Waals surface area contributed by atoms with Gasteiger partial charge in [0.1, 0.15) is 5.75 Å². The minimum absolute atomic E-state index is 0. The van der Waals surface area contributed by atoms with E-state index in [1.54, 1.807) is 6.20 Å². The van der Waals surface area contributed by atoms with E-state index >= 15 is 0 Å². The lowest BCUT2D eigenvalue weighted by Crippen LogP contribution is -2.19. The molecule has 1 aromatic carbocycles. The Bertz CT molecular complexity index is 771. The number of aromatic nitrogens is 5. The Morgan fingerprint density at radius 3 is 2.74 bits per heavy atom. The molecule has 2 aromatic heterocycles. The van der Waals surface area contributed by atoms with Crippen molar-refractivity contribution in [2.45, 2.75) is 38.2 Å². The number of benzene rings is 1. The summed E-state index contributed by atoms with van der Waals surface area (Å²) < 4.78 is 6.12. The number of halogens is 1. The maximum atomic E-state index is 6.12. The largest absolute Gasteiger partial charge is 0.490 e. The van der Waals surface area contributed by atoms with Crippen LogP contribution in [-0.2, 0) is 0 Å². The second kappa shape index (κ2) is 6.91. The standard InChI is InChI=1S/C16H17N5O.ClH/c1-2-4-13(5-3-1)22-14-6-7-15-11(9-14)8-12(10-17-15)16-18-20-21-19-16;/h6-10,13H,1-5H2,(H,18,19,20,21);1H. The van der Waals surface area contributed by atoms with E-state index in [9.17, 15) is 0 Å². The molecule has 1 aliphatic carbocycles. The SMILES string of the molecule is Cl.c1cc2ncc(-c3nn[nH]n3)cc2cc1OC1CCCCC1. The van der Waals surface area contributed by atoms with Gasteiger partial charge in [0.2, 0.25) is 5.82 Å². The van der Waals surface area contributed by atoms with Gasteiger partial charge in [-0.2, -0.15) is 5.21 Å². The van der Waals surface area contributed by atoms with Gasteiger partial charge in [0.15, 0.2) is 0 Å². The first-order valence-electron chi connectivity index (χ1n) is 7.69. The van der Waals surface area contributed by atoms with Crippen molar-refractivity contribution < 1.29 is 4.74 Å². The van der Waals surface area contributed by atoms with Gasteiger partial charge in [-0.3, -0.25) is 4.98 Å². The van der Waals surface area contributed by atoms with Crippen molar-refractivity contribution in [3.8, 4) is 17.1 Å². The van der Waals surface area contributed by atoms with Crippen molar-refractivity contribution in [3.63, 3.8) is 0 Å². The smallest absolute Gasteiger partial charge is 0.206 e. The highest BCUT2D eigenvalue weighted by molar-refractivity contribution is 5.85. The van der Waals surface area contributed by atoms with E-state index in [2.05, 4.69) is 25.6 Å². The summed E-state index contributed by atoms with van der Waals surface area (Å²) in [7, 11) is 0. The lowest BCUT2D eigenvalue weighted by Gasteiger charge is -2.23. The molecule has 1 N–H and O–H groups in total. The Hall–Kier alpha value is -2.21. The first-order valence-corrected chi connectivity index (χ1v) is 7.69. The molecule has 0 saturated heterocycles. The molecule has 23 heavy (non-hydrogen) atoms. The minimum atomic E-state index is 0. The summed E-state index contributed by atoms with van der Waals surface area (Å²) >= 11 is 0. The van der Waals surface area contributed by atoms with E-state index < -0.39 is 0 Å². The van der Waals surface area contributed by atoms with Crippen LogP contribution in [0.2, 0.25) is 0 Å². The lowest BCUT2D eigenvalue weighted by molar-refractivity contribution is 0.155. The number of hydrogen-bond acceptors (Lipinski definition) is 5. The fourth-order valence-corrected chi connectivity index (χ4v) is 2.96. The molecular weight excluding hydrogens is 314 g/mol. The van der Waals surface area contributed by atoms with Crippen LogP contribution in [0.3, 0.4) is 0 Å². The molecule has 0 bridgehead atoms. The van der Waals surface area contributed by atoms with E-state index in [1.165, 1.54) is 19.3 Å². The van der Waals surface area contributed by atoms with Crippen LogP contribution in [0.1, 0.15) is 32.1 Å². The summed E-state index contributed by atoms with van der Waals surface area (Å²) in [6, 6.07) is 8.05. The van der Waals surface area contributed by atoms with Crippen LogP contribution in [-0.4, -0.2) is 31.7 Å². The van der Waals surface area contributed by atoms with Crippen molar-refractivity contribution in [2.24, 2.45) is 0 Å². The van der Waals surface area contributed by atoms with Crippen molar-refractivity contribution in [2.75, 3.05) is 0 Å².